The molecule has 116 valence electrons. The zero-order valence-corrected chi connectivity index (χ0v) is 13.2. The van der Waals surface area contributed by atoms with E-state index in [0.29, 0.717) is 25.6 Å². The smallest absolute Gasteiger partial charge is 0.234 e. The predicted octanol–water partition coefficient (Wildman–Crippen LogP) is 1.77. The second kappa shape index (κ2) is 6.44. The van der Waals surface area contributed by atoms with Gasteiger partial charge in [-0.2, -0.15) is 0 Å². The van der Waals surface area contributed by atoms with Gasteiger partial charge in [0.05, 0.1) is 12.1 Å². The van der Waals surface area contributed by atoms with Crippen LogP contribution in [0, 0.1) is 11.8 Å². The molecule has 2 N–H and O–H groups in total. The summed E-state index contributed by atoms with van der Waals surface area (Å²) >= 11 is 0. The summed E-state index contributed by atoms with van der Waals surface area (Å²) < 4.78 is 0. The van der Waals surface area contributed by atoms with Crippen LogP contribution in [0.5, 0.6) is 0 Å². The minimum absolute atomic E-state index is 0.0971. The molecule has 1 aliphatic heterocycles. The van der Waals surface area contributed by atoms with Crippen molar-refractivity contribution in [1.29, 1.82) is 0 Å². The van der Waals surface area contributed by atoms with E-state index < -0.39 is 5.60 Å². The van der Waals surface area contributed by atoms with Crippen LogP contribution in [0.15, 0.2) is 0 Å². The highest BCUT2D eigenvalue weighted by Gasteiger charge is 2.51. The number of nitrogens with zero attached hydrogens (tertiary/aromatic N) is 1. The van der Waals surface area contributed by atoms with E-state index in [9.17, 15) is 9.90 Å². The molecule has 1 saturated carbocycles. The van der Waals surface area contributed by atoms with E-state index in [4.69, 9.17) is 0 Å². The minimum atomic E-state index is -0.483. The highest BCUT2D eigenvalue weighted by molar-refractivity contribution is 5.78. The van der Waals surface area contributed by atoms with Gasteiger partial charge in [-0.05, 0) is 38.0 Å². The maximum absolute atomic E-state index is 11.9. The van der Waals surface area contributed by atoms with E-state index in [1.807, 2.05) is 0 Å². The molecule has 2 aliphatic rings. The summed E-state index contributed by atoms with van der Waals surface area (Å²) in [6.45, 7) is 8.32. The van der Waals surface area contributed by atoms with Crippen LogP contribution in [0.1, 0.15) is 52.9 Å². The van der Waals surface area contributed by atoms with Crippen molar-refractivity contribution < 1.29 is 9.90 Å². The molecule has 2 rings (SSSR count). The Morgan fingerprint density at radius 2 is 1.95 bits per heavy atom. The molecule has 0 bridgehead atoms. The molecule has 1 amide bonds. The van der Waals surface area contributed by atoms with Gasteiger partial charge in [0.25, 0.3) is 0 Å². The lowest BCUT2D eigenvalue weighted by Gasteiger charge is -2.46. The van der Waals surface area contributed by atoms with E-state index in [0.717, 1.165) is 25.2 Å². The van der Waals surface area contributed by atoms with E-state index in [-0.39, 0.29) is 11.9 Å². The van der Waals surface area contributed by atoms with Gasteiger partial charge in [-0.3, -0.25) is 9.69 Å². The molecule has 1 aliphatic carbocycles. The molecule has 1 heterocycles. The second-order valence-corrected chi connectivity index (χ2v) is 7.32. The van der Waals surface area contributed by atoms with Crippen molar-refractivity contribution in [3.8, 4) is 0 Å². The summed E-state index contributed by atoms with van der Waals surface area (Å²) in [4.78, 5) is 14.0. The average molecular weight is 282 g/mol. The van der Waals surface area contributed by atoms with Crippen LogP contribution in [0.25, 0.3) is 0 Å². The molecule has 0 aromatic rings. The number of β-amino-alcohol motifs (C(OH)–C–C–N with tert-alkyl or cyclic N) is 1. The highest BCUT2D eigenvalue weighted by Crippen LogP contribution is 2.44. The van der Waals surface area contributed by atoms with Crippen LogP contribution >= 0.6 is 0 Å². The molecule has 1 unspecified atom stereocenters. The summed E-state index contributed by atoms with van der Waals surface area (Å²) in [6, 6.07) is 0.254. The number of aliphatic hydroxyl groups is 1. The molecule has 4 heteroatoms. The summed E-state index contributed by atoms with van der Waals surface area (Å²) in [5.41, 5.74) is -0.483. The van der Waals surface area contributed by atoms with Gasteiger partial charge < -0.3 is 10.4 Å². The molecule has 0 aromatic carbocycles. The molecule has 0 aromatic heterocycles. The van der Waals surface area contributed by atoms with Crippen molar-refractivity contribution in [2.45, 2.75) is 64.5 Å². The first-order valence-corrected chi connectivity index (χ1v) is 8.13. The third-order valence-electron chi connectivity index (χ3n) is 4.53. The van der Waals surface area contributed by atoms with Gasteiger partial charge >= 0.3 is 0 Å². The van der Waals surface area contributed by atoms with Gasteiger partial charge in [-0.25, -0.2) is 0 Å². The van der Waals surface area contributed by atoms with Gasteiger partial charge in [0.1, 0.15) is 0 Å². The summed E-state index contributed by atoms with van der Waals surface area (Å²) in [5.74, 6) is 1.33. The SMILES string of the molecule is CC(C)CCCC(C)NC(=O)CN1CC(O)(C2CC2)C1. The Labute approximate surface area is 122 Å². The molecular formula is C16H30N2O2. The molecular weight excluding hydrogens is 252 g/mol. The van der Waals surface area contributed by atoms with E-state index in [1.54, 1.807) is 0 Å². The van der Waals surface area contributed by atoms with Crippen molar-refractivity contribution in [2.24, 2.45) is 11.8 Å². The topological polar surface area (TPSA) is 52.6 Å². The third-order valence-corrected chi connectivity index (χ3v) is 4.53. The zero-order valence-electron chi connectivity index (χ0n) is 13.2. The summed E-state index contributed by atoms with van der Waals surface area (Å²) in [7, 11) is 0. The Morgan fingerprint density at radius 3 is 2.50 bits per heavy atom. The van der Waals surface area contributed by atoms with E-state index in [1.165, 1.54) is 12.8 Å². The Kier molecular flexibility index (Phi) is 5.08. The number of rotatable bonds is 8. The largest absolute Gasteiger partial charge is 0.387 e. The van der Waals surface area contributed by atoms with Crippen molar-refractivity contribution in [1.82, 2.24) is 10.2 Å². The monoisotopic (exact) mass is 282 g/mol. The molecule has 4 nitrogen and oxygen atoms in total. The maximum Gasteiger partial charge on any atom is 0.234 e. The van der Waals surface area contributed by atoms with Gasteiger partial charge in [-0.15, -0.1) is 0 Å². The molecule has 1 saturated heterocycles. The number of likely N-dealkylation sites (tertiary alicyclic amines) is 1. The first-order valence-electron chi connectivity index (χ1n) is 8.13. The summed E-state index contributed by atoms with van der Waals surface area (Å²) in [6.07, 6.45) is 5.76. The Hall–Kier alpha value is -0.610. The number of amides is 1. The minimum Gasteiger partial charge on any atom is -0.387 e. The standard InChI is InChI=1S/C16H30N2O2/c1-12(2)5-4-6-13(3)17-15(19)9-18-10-16(20,11-18)14-7-8-14/h12-14,20H,4-11H2,1-3H3,(H,17,19). The van der Waals surface area contributed by atoms with Crippen molar-refractivity contribution in [3.63, 3.8) is 0 Å². The first kappa shape index (κ1) is 15.8. The van der Waals surface area contributed by atoms with Crippen LogP contribution in [0.2, 0.25) is 0 Å². The molecule has 0 radical (unpaired) electrons. The molecule has 2 fully saturated rings. The number of hydrogen-bond acceptors (Lipinski definition) is 3. The Morgan fingerprint density at radius 1 is 1.30 bits per heavy atom. The quantitative estimate of drug-likeness (QED) is 0.713. The zero-order chi connectivity index (χ0) is 14.8. The van der Waals surface area contributed by atoms with Gasteiger partial charge in [0.2, 0.25) is 5.91 Å². The molecule has 20 heavy (non-hydrogen) atoms. The lowest BCUT2D eigenvalue weighted by Crippen LogP contribution is -2.64. The van der Waals surface area contributed by atoms with Crippen LogP contribution in [-0.4, -0.2) is 47.2 Å². The van der Waals surface area contributed by atoms with Crippen LogP contribution in [-0.2, 0) is 4.79 Å². The number of carbonyl (C=O) groups excluding carboxylic acids is 1. The second-order valence-electron chi connectivity index (χ2n) is 7.32. The lowest BCUT2D eigenvalue weighted by molar-refractivity contribution is -0.137. The first-order chi connectivity index (χ1) is 9.39. The molecule has 1 atom stereocenters. The Bertz CT molecular complexity index is 333. The number of nitrogens with one attached hydrogen (secondary N) is 1. The fraction of sp³-hybridized carbons (Fsp3) is 0.938. The fourth-order valence-electron chi connectivity index (χ4n) is 3.15. The molecule has 0 spiro atoms. The third kappa shape index (κ3) is 4.45. The average Bonchev–Trinajstić information content (AvgIpc) is 3.09. The predicted molar refractivity (Wildman–Crippen MR) is 80.4 cm³/mol. The highest BCUT2D eigenvalue weighted by atomic mass is 16.3. The normalized spacial score (nSPS) is 23.4. The maximum atomic E-state index is 11.9. The van der Waals surface area contributed by atoms with Crippen LogP contribution in [0.3, 0.4) is 0 Å². The van der Waals surface area contributed by atoms with Gasteiger partial charge in [0, 0.05) is 19.1 Å². The summed E-state index contributed by atoms with van der Waals surface area (Å²) in [5, 5.41) is 13.3. The Balaban J connectivity index is 1.56. The van der Waals surface area contributed by atoms with Gasteiger partial charge in [-0.1, -0.05) is 26.7 Å². The number of hydrogen-bond donors (Lipinski definition) is 2. The van der Waals surface area contributed by atoms with E-state index >= 15 is 0 Å². The van der Waals surface area contributed by atoms with Crippen molar-refractivity contribution in [2.75, 3.05) is 19.6 Å². The van der Waals surface area contributed by atoms with Crippen molar-refractivity contribution in [3.05, 3.63) is 0 Å². The number of carbonyl (C=O) groups is 1. The lowest BCUT2D eigenvalue weighted by atomic mass is 9.89. The van der Waals surface area contributed by atoms with Gasteiger partial charge in [0.15, 0.2) is 0 Å². The van der Waals surface area contributed by atoms with Crippen LogP contribution < -0.4 is 5.32 Å². The fourth-order valence-corrected chi connectivity index (χ4v) is 3.15. The van der Waals surface area contributed by atoms with Crippen molar-refractivity contribution >= 4 is 5.91 Å². The van der Waals surface area contributed by atoms with E-state index in [2.05, 4.69) is 31.0 Å². The van der Waals surface area contributed by atoms with Crippen LogP contribution in [0.4, 0.5) is 0 Å².